The van der Waals surface area contributed by atoms with Crippen LogP contribution in [-0.4, -0.2) is 49.8 Å². The van der Waals surface area contributed by atoms with Gasteiger partial charge in [0.1, 0.15) is 0 Å². The van der Waals surface area contributed by atoms with Crippen molar-refractivity contribution in [1.29, 1.82) is 0 Å². The van der Waals surface area contributed by atoms with Gasteiger partial charge in [-0.3, -0.25) is 0 Å². The van der Waals surface area contributed by atoms with Crippen molar-refractivity contribution < 1.29 is 13.2 Å². The maximum Gasteiger partial charge on any atom is 0.321 e. The second-order valence-electron chi connectivity index (χ2n) is 6.52. The largest absolute Gasteiger partial charge is 0.322 e. The summed E-state index contributed by atoms with van der Waals surface area (Å²) in [7, 11) is -3.48. The Morgan fingerprint density at radius 1 is 0.960 bits per heavy atom. The summed E-state index contributed by atoms with van der Waals surface area (Å²) in [5, 5.41) is 2.86. The first-order chi connectivity index (χ1) is 12.1. The number of nitrogens with one attached hydrogen (secondary N) is 1. The number of benzene rings is 1. The molecule has 1 aliphatic carbocycles. The number of rotatable bonds is 3. The van der Waals surface area contributed by atoms with Crippen LogP contribution in [0.25, 0.3) is 0 Å². The summed E-state index contributed by atoms with van der Waals surface area (Å²) in [4.78, 5) is 14.2. The summed E-state index contributed by atoms with van der Waals surface area (Å²) < 4.78 is 26.6. The third kappa shape index (κ3) is 4.41. The lowest BCUT2D eigenvalue weighted by Crippen LogP contribution is -2.52. The highest BCUT2D eigenvalue weighted by Crippen LogP contribution is 2.22. The van der Waals surface area contributed by atoms with E-state index < -0.39 is 10.0 Å². The Morgan fingerprint density at radius 3 is 2.24 bits per heavy atom. The van der Waals surface area contributed by atoms with Crippen molar-refractivity contribution in [3.05, 3.63) is 42.1 Å². The summed E-state index contributed by atoms with van der Waals surface area (Å²) >= 11 is 0. The highest BCUT2D eigenvalue weighted by atomic mass is 32.2. The molecule has 7 heteroatoms. The zero-order valence-electron chi connectivity index (χ0n) is 14.4. The standard InChI is InChI=1S/C18H25N3O3S/c22-18(19-15-16-7-3-1-4-8-16)20-11-13-21(14-12-20)25(23,24)17-9-5-2-6-10-17/h2,5-6,9-10,15H,1,3-4,7-8,11-14H2,(H,19,22). The molecule has 0 radical (unpaired) electrons. The van der Waals surface area contributed by atoms with E-state index in [1.165, 1.54) is 29.1 Å². The molecule has 0 bridgehead atoms. The molecule has 1 aromatic carbocycles. The van der Waals surface area contributed by atoms with Crippen LogP contribution in [-0.2, 0) is 10.0 Å². The van der Waals surface area contributed by atoms with E-state index in [1.54, 1.807) is 35.2 Å². The average Bonchev–Trinajstić information content (AvgIpc) is 2.68. The lowest BCUT2D eigenvalue weighted by molar-refractivity contribution is 0.175. The van der Waals surface area contributed by atoms with Crippen LogP contribution in [0.5, 0.6) is 0 Å². The molecule has 2 amide bonds. The van der Waals surface area contributed by atoms with Gasteiger partial charge in [-0.2, -0.15) is 4.31 Å². The Hall–Kier alpha value is -1.86. The van der Waals surface area contributed by atoms with Gasteiger partial charge in [0.15, 0.2) is 0 Å². The van der Waals surface area contributed by atoms with E-state index in [1.807, 2.05) is 6.20 Å². The van der Waals surface area contributed by atoms with Crippen LogP contribution >= 0.6 is 0 Å². The molecule has 1 aromatic rings. The van der Waals surface area contributed by atoms with Crippen molar-refractivity contribution in [2.75, 3.05) is 26.2 Å². The second-order valence-corrected chi connectivity index (χ2v) is 8.45. The number of carbonyl (C=O) groups excluding carboxylic acids is 1. The number of hydrogen-bond donors (Lipinski definition) is 1. The van der Waals surface area contributed by atoms with Crippen LogP contribution in [0, 0.1) is 0 Å². The molecule has 3 rings (SSSR count). The van der Waals surface area contributed by atoms with E-state index in [0.29, 0.717) is 31.1 Å². The first-order valence-corrected chi connectivity index (χ1v) is 10.3. The molecule has 0 unspecified atom stereocenters. The molecular weight excluding hydrogens is 338 g/mol. The number of allylic oxidation sites excluding steroid dienone is 1. The summed E-state index contributed by atoms with van der Waals surface area (Å²) in [5.41, 5.74) is 1.30. The molecule has 1 saturated heterocycles. The second kappa shape index (κ2) is 8.01. The van der Waals surface area contributed by atoms with E-state index >= 15 is 0 Å². The summed E-state index contributed by atoms with van der Waals surface area (Å²) in [6.07, 6.45) is 7.61. The molecule has 136 valence electrons. The number of urea groups is 1. The van der Waals surface area contributed by atoms with Crippen LogP contribution in [0.1, 0.15) is 32.1 Å². The average molecular weight is 363 g/mol. The molecular formula is C18H25N3O3S. The van der Waals surface area contributed by atoms with Gasteiger partial charge in [0, 0.05) is 32.4 Å². The molecule has 1 heterocycles. The van der Waals surface area contributed by atoms with Gasteiger partial charge in [0.2, 0.25) is 10.0 Å². The van der Waals surface area contributed by atoms with Crippen molar-refractivity contribution >= 4 is 16.1 Å². The molecule has 0 atom stereocenters. The summed E-state index contributed by atoms with van der Waals surface area (Å²) in [6.45, 7) is 1.45. The van der Waals surface area contributed by atoms with Crippen molar-refractivity contribution in [1.82, 2.24) is 14.5 Å². The predicted octanol–water partition coefficient (Wildman–Crippen LogP) is 2.55. The Morgan fingerprint density at radius 2 is 1.60 bits per heavy atom. The number of amides is 2. The highest BCUT2D eigenvalue weighted by Gasteiger charge is 2.29. The van der Waals surface area contributed by atoms with E-state index in [-0.39, 0.29) is 6.03 Å². The molecule has 25 heavy (non-hydrogen) atoms. The van der Waals surface area contributed by atoms with Gasteiger partial charge >= 0.3 is 6.03 Å². The number of piperazine rings is 1. The minimum absolute atomic E-state index is 0.144. The molecule has 1 N–H and O–H groups in total. The van der Waals surface area contributed by atoms with Gasteiger partial charge in [0.05, 0.1) is 4.90 Å². The zero-order chi connectivity index (χ0) is 17.7. The molecule has 0 spiro atoms. The molecule has 2 fully saturated rings. The quantitative estimate of drug-likeness (QED) is 0.897. The fraction of sp³-hybridized carbons (Fsp3) is 0.500. The number of hydrogen-bond acceptors (Lipinski definition) is 3. The summed E-state index contributed by atoms with van der Waals surface area (Å²) in [5.74, 6) is 0. The maximum absolute atomic E-state index is 12.6. The fourth-order valence-corrected chi connectivity index (χ4v) is 4.72. The minimum Gasteiger partial charge on any atom is -0.322 e. The van der Waals surface area contributed by atoms with Crippen LogP contribution < -0.4 is 5.32 Å². The van der Waals surface area contributed by atoms with Gasteiger partial charge in [-0.15, -0.1) is 0 Å². The Kier molecular flexibility index (Phi) is 5.75. The molecule has 1 aliphatic heterocycles. The van der Waals surface area contributed by atoms with Gasteiger partial charge in [0.25, 0.3) is 0 Å². The van der Waals surface area contributed by atoms with Crippen LogP contribution in [0.4, 0.5) is 4.79 Å². The van der Waals surface area contributed by atoms with Gasteiger partial charge in [-0.05, 0) is 37.8 Å². The van der Waals surface area contributed by atoms with Crippen LogP contribution in [0.3, 0.4) is 0 Å². The van der Waals surface area contributed by atoms with E-state index in [9.17, 15) is 13.2 Å². The first kappa shape index (κ1) is 17.9. The minimum atomic E-state index is -3.48. The van der Waals surface area contributed by atoms with Gasteiger partial charge in [-0.1, -0.05) is 30.2 Å². The van der Waals surface area contributed by atoms with Gasteiger partial charge in [-0.25, -0.2) is 13.2 Å². The normalized spacial score (nSPS) is 19.5. The molecule has 0 aromatic heterocycles. The van der Waals surface area contributed by atoms with Crippen molar-refractivity contribution in [2.45, 2.75) is 37.0 Å². The van der Waals surface area contributed by atoms with Gasteiger partial charge < -0.3 is 10.2 Å². The molecule has 2 aliphatic rings. The highest BCUT2D eigenvalue weighted by molar-refractivity contribution is 7.89. The SMILES string of the molecule is O=C(NC=C1CCCCC1)N1CCN(S(=O)(=O)c2ccccc2)CC1. The van der Waals surface area contributed by atoms with Crippen molar-refractivity contribution in [3.8, 4) is 0 Å². The lowest BCUT2D eigenvalue weighted by atomic mass is 9.96. The van der Waals surface area contributed by atoms with E-state index in [2.05, 4.69) is 5.32 Å². The van der Waals surface area contributed by atoms with Crippen LogP contribution in [0.15, 0.2) is 47.0 Å². The Labute approximate surface area is 149 Å². The number of nitrogens with zero attached hydrogens (tertiary/aromatic N) is 2. The molecule has 1 saturated carbocycles. The monoisotopic (exact) mass is 363 g/mol. The fourth-order valence-electron chi connectivity index (χ4n) is 3.28. The van der Waals surface area contributed by atoms with E-state index in [4.69, 9.17) is 0 Å². The Bertz CT molecular complexity index is 715. The smallest absolute Gasteiger partial charge is 0.321 e. The predicted molar refractivity (Wildman–Crippen MR) is 96.5 cm³/mol. The lowest BCUT2D eigenvalue weighted by Gasteiger charge is -2.33. The topological polar surface area (TPSA) is 69.7 Å². The Balaban J connectivity index is 1.54. The first-order valence-electron chi connectivity index (χ1n) is 8.86. The van der Waals surface area contributed by atoms with Crippen molar-refractivity contribution in [3.63, 3.8) is 0 Å². The number of sulfonamides is 1. The maximum atomic E-state index is 12.6. The zero-order valence-corrected chi connectivity index (χ0v) is 15.2. The number of carbonyl (C=O) groups is 1. The summed E-state index contributed by atoms with van der Waals surface area (Å²) in [6, 6.07) is 8.29. The van der Waals surface area contributed by atoms with Crippen LogP contribution in [0.2, 0.25) is 0 Å². The van der Waals surface area contributed by atoms with Crippen molar-refractivity contribution in [2.24, 2.45) is 0 Å². The third-order valence-corrected chi connectivity index (χ3v) is 6.72. The van der Waals surface area contributed by atoms with E-state index in [0.717, 1.165) is 12.8 Å². The third-order valence-electron chi connectivity index (χ3n) is 4.80. The molecule has 6 nitrogen and oxygen atoms in total.